The number of ether oxygens (including phenoxy) is 1. The van der Waals surface area contributed by atoms with Gasteiger partial charge in [0.1, 0.15) is 5.75 Å². The monoisotopic (exact) mass is 367 g/mol. The lowest BCUT2D eigenvalue weighted by Crippen LogP contribution is -2.37. The first kappa shape index (κ1) is 18.6. The van der Waals surface area contributed by atoms with Crippen molar-refractivity contribution in [2.45, 2.75) is 25.8 Å². The fourth-order valence-corrected chi connectivity index (χ4v) is 2.81. The molecule has 0 fully saturated rings. The third kappa shape index (κ3) is 3.98. The van der Waals surface area contributed by atoms with Gasteiger partial charge in [0.05, 0.1) is 23.8 Å². The van der Waals surface area contributed by atoms with Gasteiger partial charge in [-0.2, -0.15) is 0 Å². The minimum Gasteiger partial charge on any atom is -0.494 e. The molecule has 0 unspecified atom stereocenters. The molecule has 1 amide bonds. The van der Waals surface area contributed by atoms with Crippen molar-refractivity contribution < 1.29 is 14.7 Å². The Morgan fingerprint density at radius 3 is 2.67 bits per heavy atom. The topological polar surface area (TPSA) is 93.5 Å². The Bertz CT molecular complexity index is 1010. The van der Waals surface area contributed by atoms with Crippen molar-refractivity contribution in [2.24, 2.45) is 0 Å². The average Bonchev–Trinajstić information content (AvgIpc) is 2.68. The highest BCUT2D eigenvalue weighted by molar-refractivity contribution is 5.97. The zero-order chi connectivity index (χ0) is 19.4. The van der Waals surface area contributed by atoms with Gasteiger partial charge in [0.15, 0.2) is 0 Å². The lowest BCUT2D eigenvalue weighted by atomic mass is 10.0. The predicted molar refractivity (Wildman–Crippen MR) is 101 cm³/mol. The standard InChI is InChI=1S/C20H21N3O4/c1-20(2,10-11-27-15-6-4-3-5-7-15)23-13-21-17-9-8-14(18(24)22-26)12-16(17)19(23)25/h3-9,12-13,26H,10-11H2,1-2H3,(H,22,24). The minimum absolute atomic E-state index is 0.187. The summed E-state index contributed by atoms with van der Waals surface area (Å²) in [7, 11) is 0. The normalized spacial score (nSPS) is 11.4. The number of hydrogen-bond acceptors (Lipinski definition) is 5. The van der Waals surface area contributed by atoms with Crippen LogP contribution in [-0.2, 0) is 5.54 Å². The van der Waals surface area contributed by atoms with E-state index < -0.39 is 11.4 Å². The van der Waals surface area contributed by atoms with Gasteiger partial charge in [0, 0.05) is 17.5 Å². The molecule has 2 aromatic carbocycles. The van der Waals surface area contributed by atoms with E-state index in [1.165, 1.54) is 18.5 Å². The van der Waals surface area contributed by atoms with Crippen LogP contribution in [0, 0.1) is 0 Å². The van der Waals surface area contributed by atoms with E-state index in [1.54, 1.807) is 16.1 Å². The first-order valence-corrected chi connectivity index (χ1v) is 8.56. The highest BCUT2D eigenvalue weighted by Crippen LogP contribution is 2.20. The van der Waals surface area contributed by atoms with Crippen molar-refractivity contribution in [3.8, 4) is 5.75 Å². The average molecular weight is 367 g/mol. The summed E-state index contributed by atoms with van der Waals surface area (Å²) >= 11 is 0. The van der Waals surface area contributed by atoms with Gasteiger partial charge in [-0.1, -0.05) is 18.2 Å². The zero-order valence-corrected chi connectivity index (χ0v) is 15.2. The maximum Gasteiger partial charge on any atom is 0.274 e. The molecule has 2 N–H and O–H groups in total. The quantitative estimate of drug-likeness (QED) is 0.516. The summed E-state index contributed by atoms with van der Waals surface area (Å²) in [5.41, 5.74) is 1.45. The number of fused-ring (bicyclic) bond motifs is 1. The van der Waals surface area contributed by atoms with Gasteiger partial charge in [0.25, 0.3) is 11.5 Å². The number of amides is 1. The lowest BCUT2D eigenvalue weighted by Gasteiger charge is -2.27. The molecule has 0 radical (unpaired) electrons. The smallest absolute Gasteiger partial charge is 0.274 e. The van der Waals surface area contributed by atoms with Crippen molar-refractivity contribution in [3.05, 3.63) is 70.8 Å². The molecule has 0 spiro atoms. The zero-order valence-electron chi connectivity index (χ0n) is 15.2. The van der Waals surface area contributed by atoms with Crippen LogP contribution in [0.15, 0.2) is 59.7 Å². The van der Waals surface area contributed by atoms with Crippen LogP contribution >= 0.6 is 0 Å². The molecule has 1 aromatic heterocycles. The number of carbonyl (C=O) groups excluding carboxylic acids is 1. The van der Waals surface area contributed by atoms with Gasteiger partial charge < -0.3 is 4.74 Å². The second-order valence-electron chi connectivity index (χ2n) is 6.82. The SMILES string of the molecule is CC(C)(CCOc1ccccc1)n1cnc2ccc(C(=O)NO)cc2c1=O. The predicted octanol–water partition coefficient (Wildman–Crippen LogP) is 2.72. The summed E-state index contributed by atoms with van der Waals surface area (Å²) in [4.78, 5) is 28.9. The molecule has 0 saturated carbocycles. The van der Waals surface area contributed by atoms with Crippen LogP contribution < -0.4 is 15.8 Å². The molecule has 0 saturated heterocycles. The molecule has 0 aliphatic heterocycles. The van der Waals surface area contributed by atoms with Crippen molar-refractivity contribution in [1.29, 1.82) is 0 Å². The Labute approximate surface area is 156 Å². The molecule has 0 aliphatic rings. The van der Waals surface area contributed by atoms with Gasteiger partial charge in [-0.05, 0) is 44.2 Å². The van der Waals surface area contributed by atoms with E-state index >= 15 is 0 Å². The Balaban J connectivity index is 1.86. The Kier molecular flexibility index (Phi) is 5.23. The summed E-state index contributed by atoms with van der Waals surface area (Å²) in [6, 6.07) is 14.0. The van der Waals surface area contributed by atoms with Crippen LogP contribution in [0.1, 0.15) is 30.6 Å². The van der Waals surface area contributed by atoms with E-state index in [1.807, 2.05) is 44.2 Å². The summed E-state index contributed by atoms with van der Waals surface area (Å²) in [5, 5.41) is 9.11. The number of hydroxylamine groups is 1. The number of nitrogens with one attached hydrogen (secondary N) is 1. The van der Waals surface area contributed by atoms with Gasteiger partial charge in [-0.25, -0.2) is 10.5 Å². The molecule has 0 atom stereocenters. The molecular formula is C20H21N3O4. The third-order valence-electron chi connectivity index (χ3n) is 4.50. The van der Waals surface area contributed by atoms with Gasteiger partial charge in [-0.3, -0.25) is 19.4 Å². The summed E-state index contributed by atoms with van der Waals surface area (Å²) in [5.74, 6) is 0.0964. The summed E-state index contributed by atoms with van der Waals surface area (Å²) in [6.07, 6.45) is 2.10. The molecule has 7 heteroatoms. The van der Waals surface area contributed by atoms with Crippen LogP contribution in [0.4, 0.5) is 0 Å². The number of aromatic nitrogens is 2. The second kappa shape index (κ2) is 7.59. The van der Waals surface area contributed by atoms with Crippen molar-refractivity contribution in [2.75, 3.05) is 6.61 Å². The van der Waals surface area contributed by atoms with Gasteiger partial charge >= 0.3 is 0 Å². The lowest BCUT2D eigenvalue weighted by molar-refractivity contribution is 0.0706. The Morgan fingerprint density at radius 2 is 1.96 bits per heavy atom. The van der Waals surface area contributed by atoms with E-state index in [9.17, 15) is 9.59 Å². The number of hydrogen-bond donors (Lipinski definition) is 2. The van der Waals surface area contributed by atoms with Crippen LogP contribution in [0.5, 0.6) is 5.75 Å². The summed E-state index contributed by atoms with van der Waals surface area (Å²) < 4.78 is 7.29. The van der Waals surface area contributed by atoms with Crippen LogP contribution in [0.2, 0.25) is 0 Å². The van der Waals surface area contributed by atoms with E-state index in [4.69, 9.17) is 9.94 Å². The molecule has 0 aliphatic carbocycles. The van der Waals surface area contributed by atoms with Crippen molar-refractivity contribution >= 4 is 16.8 Å². The highest BCUT2D eigenvalue weighted by Gasteiger charge is 2.23. The first-order chi connectivity index (χ1) is 12.9. The largest absolute Gasteiger partial charge is 0.494 e. The number of carbonyl (C=O) groups is 1. The second-order valence-corrected chi connectivity index (χ2v) is 6.82. The maximum atomic E-state index is 13.0. The molecule has 3 rings (SSSR count). The number of benzene rings is 2. The highest BCUT2D eigenvalue weighted by atomic mass is 16.5. The molecule has 0 bridgehead atoms. The van der Waals surface area contributed by atoms with E-state index in [2.05, 4.69) is 4.98 Å². The van der Waals surface area contributed by atoms with Crippen LogP contribution in [0.25, 0.3) is 10.9 Å². The number of para-hydroxylation sites is 1. The molecule has 140 valence electrons. The van der Waals surface area contributed by atoms with Crippen LogP contribution in [0.3, 0.4) is 0 Å². The molecule has 3 aromatic rings. The maximum absolute atomic E-state index is 13.0. The van der Waals surface area contributed by atoms with Gasteiger partial charge in [0.2, 0.25) is 0 Å². The molecule has 27 heavy (non-hydrogen) atoms. The molecule has 7 nitrogen and oxygen atoms in total. The van der Waals surface area contributed by atoms with Crippen molar-refractivity contribution in [1.82, 2.24) is 15.0 Å². The van der Waals surface area contributed by atoms with Crippen molar-refractivity contribution in [3.63, 3.8) is 0 Å². The number of nitrogens with zero attached hydrogens (tertiary/aromatic N) is 2. The minimum atomic E-state index is -0.678. The molecule has 1 heterocycles. The number of rotatable bonds is 6. The fourth-order valence-electron chi connectivity index (χ4n) is 2.81. The fraction of sp³-hybridized carbons (Fsp3) is 0.250. The van der Waals surface area contributed by atoms with E-state index in [0.29, 0.717) is 23.9 Å². The van der Waals surface area contributed by atoms with E-state index in [-0.39, 0.29) is 11.1 Å². The molecular weight excluding hydrogens is 346 g/mol. The Hall–Kier alpha value is -3.19. The summed E-state index contributed by atoms with van der Waals surface area (Å²) in [6.45, 7) is 4.30. The van der Waals surface area contributed by atoms with E-state index in [0.717, 1.165) is 5.75 Å². The third-order valence-corrected chi connectivity index (χ3v) is 4.50. The first-order valence-electron chi connectivity index (χ1n) is 8.56. The van der Waals surface area contributed by atoms with Gasteiger partial charge in [-0.15, -0.1) is 0 Å². The van der Waals surface area contributed by atoms with Crippen LogP contribution in [-0.4, -0.2) is 27.3 Å². The Morgan fingerprint density at radius 1 is 1.22 bits per heavy atom.